The Balaban J connectivity index is 1.58. The molecule has 36 heavy (non-hydrogen) atoms. The first-order valence-electron chi connectivity index (χ1n) is 12.6. The second-order valence-corrected chi connectivity index (χ2v) is 10.2. The van der Waals surface area contributed by atoms with Crippen LogP contribution in [0.1, 0.15) is 62.9 Å². The first-order chi connectivity index (χ1) is 17.3. The third-order valence-electron chi connectivity index (χ3n) is 6.43. The van der Waals surface area contributed by atoms with E-state index in [1.54, 1.807) is 9.47 Å². The number of ether oxygens (including phenoxy) is 3. The number of rotatable bonds is 7. The van der Waals surface area contributed by atoms with Gasteiger partial charge >= 0.3 is 12.2 Å². The fourth-order valence-corrected chi connectivity index (χ4v) is 4.91. The van der Waals surface area contributed by atoms with Crippen LogP contribution in [0.5, 0.6) is 0 Å². The highest BCUT2D eigenvalue weighted by molar-refractivity contribution is 5.94. The molecule has 7 nitrogen and oxygen atoms in total. The molecule has 0 fully saturated rings. The van der Waals surface area contributed by atoms with E-state index in [2.05, 4.69) is 0 Å². The van der Waals surface area contributed by atoms with Crippen molar-refractivity contribution in [2.24, 2.45) is 0 Å². The highest BCUT2D eigenvalue weighted by atomic mass is 16.6. The van der Waals surface area contributed by atoms with Gasteiger partial charge in [-0.15, -0.1) is 0 Å². The molecular weight excluding hydrogens is 456 g/mol. The van der Waals surface area contributed by atoms with Crippen molar-refractivity contribution in [3.8, 4) is 0 Å². The van der Waals surface area contributed by atoms with Crippen LogP contribution in [0.15, 0.2) is 54.6 Å². The number of carbonyl (C=O) groups excluding carboxylic acids is 2. The van der Waals surface area contributed by atoms with E-state index >= 15 is 0 Å². The Morgan fingerprint density at radius 3 is 2.42 bits per heavy atom. The molecule has 1 aliphatic rings. The van der Waals surface area contributed by atoms with Gasteiger partial charge in [-0.3, -0.25) is 4.90 Å². The summed E-state index contributed by atoms with van der Waals surface area (Å²) in [4.78, 5) is 27.9. The fourth-order valence-electron chi connectivity index (χ4n) is 4.91. The number of hydrogen-bond donors (Lipinski definition) is 0. The van der Waals surface area contributed by atoms with Crippen molar-refractivity contribution in [3.05, 3.63) is 71.4 Å². The van der Waals surface area contributed by atoms with Crippen LogP contribution in [0.2, 0.25) is 0 Å². The second kappa shape index (κ2) is 11.2. The normalized spacial score (nSPS) is 15.6. The zero-order valence-corrected chi connectivity index (χ0v) is 21.7. The number of nitrogens with zero attached hydrogens (tertiary/aromatic N) is 2. The lowest BCUT2D eigenvalue weighted by atomic mass is 9.94. The summed E-state index contributed by atoms with van der Waals surface area (Å²) in [6.45, 7) is 7.32. The highest BCUT2D eigenvalue weighted by Gasteiger charge is 2.38. The summed E-state index contributed by atoms with van der Waals surface area (Å²) in [5.41, 5.74) is 3.24. The Labute approximate surface area is 212 Å². The summed E-state index contributed by atoms with van der Waals surface area (Å²) >= 11 is 0. The van der Waals surface area contributed by atoms with Crippen molar-refractivity contribution in [2.75, 3.05) is 20.3 Å². The van der Waals surface area contributed by atoms with Crippen LogP contribution in [0, 0.1) is 0 Å². The molecule has 192 valence electrons. The second-order valence-electron chi connectivity index (χ2n) is 10.2. The Hall–Kier alpha value is -3.32. The molecule has 0 N–H and O–H groups in total. The van der Waals surface area contributed by atoms with Crippen molar-refractivity contribution >= 4 is 23.1 Å². The van der Waals surface area contributed by atoms with Gasteiger partial charge in [0.05, 0.1) is 31.0 Å². The molecule has 4 rings (SSSR count). The first kappa shape index (κ1) is 25.8. The van der Waals surface area contributed by atoms with Gasteiger partial charge in [0, 0.05) is 18.5 Å². The summed E-state index contributed by atoms with van der Waals surface area (Å²) in [7, 11) is 1.40. The van der Waals surface area contributed by atoms with E-state index in [9.17, 15) is 9.59 Å². The van der Waals surface area contributed by atoms with Gasteiger partial charge in [0.2, 0.25) is 0 Å². The quantitative estimate of drug-likeness (QED) is 0.353. The molecule has 0 spiro atoms. The number of unbranched alkanes of at least 4 members (excludes halogenated alkanes) is 1. The number of methoxy groups -OCH3 is 1. The lowest BCUT2D eigenvalue weighted by Gasteiger charge is -2.36. The van der Waals surface area contributed by atoms with Crippen molar-refractivity contribution in [1.29, 1.82) is 0 Å². The predicted octanol–water partition coefficient (Wildman–Crippen LogP) is 6.48. The smallest absolute Gasteiger partial charge is 0.419 e. The topological polar surface area (TPSA) is 70.0 Å². The van der Waals surface area contributed by atoms with E-state index in [-0.39, 0.29) is 12.1 Å². The fraction of sp³-hybridized carbons (Fsp3) is 0.448. The SMILES string of the molecule is COC(=O)N1CCc2c(n(C(=O)OC(C)(C)C)c3ccccc23)C1CCCCOCc1ccccc1. The van der Waals surface area contributed by atoms with Crippen molar-refractivity contribution in [3.63, 3.8) is 0 Å². The molecule has 2 aromatic carbocycles. The molecule has 0 bridgehead atoms. The van der Waals surface area contributed by atoms with Crippen LogP contribution in [0.4, 0.5) is 9.59 Å². The maximum atomic E-state index is 13.4. The van der Waals surface area contributed by atoms with Gasteiger partial charge in [-0.05, 0) is 63.6 Å². The third-order valence-corrected chi connectivity index (χ3v) is 6.43. The number of fused-ring (bicyclic) bond motifs is 3. The van der Waals surface area contributed by atoms with Gasteiger partial charge < -0.3 is 14.2 Å². The number of amides is 1. The Bertz CT molecular complexity index is 1200. The highest BCUT2D eigenvalue weighted by Crippen LogP contribution is 2.40. The van der Waals surface area contributed by atoms with Gasteiger partial charge in [-0.1, -0.05) is 48.5 Å². The molecule has 0 saturated carbocycles. The molecular formula is C29H36N2O5. The van der Waals surface area contributed by atoms with Gasteiger partial charge in [-0.25, -0.2) is 14.2 Å². The molecule has 1 unspecified atom stereocenters. The number of benzene rings is 2. The Morgan fingerprint density at radius 1 is 0.972 bits per heavy atom. The van der Waals surface area contributed by atoms with Gasteiger partial charge in [0.1, 0.15) is 5.60 Å². The van der Waals surface area contributed by atoms with E-state index in [0.29, 0.717) is 32.6 Å². The van der Waals surface area contributed by atoms with Crippen molar-refractivity contribution < 1.29 is 23.8 Å². The zero-order valence-electron chi connectivity index (χ0n) is 21.7. The minimum atomic E-state index is -0.641. The third kappa shape index (κ3) is 5.73. The largest absolute Gasteiger partial charge is 0.453 e. The van der Waals surface area contributed by atoms with Crippen molar-refractivity contribution in [1.82, 2.24) is 9.47 Å². The summed E-state index contributed by atoms with van der Waals surface area (Å²) in [5, 5.41) is 1.03. The van der Waals surface area contributed by atoms with E-state index in [4.69, 9.17) is 14.2 Å². The molecule has 1 amide bonds. The van der Waals surface area contributed by atoms with E-state index in [1.807, 2.05) is 75.4 Å². The minimum Gasteiger partial charge on any atom is -0.453 e. The molecule has 0 saturated heterocycles. The molecule has 7 heteroatoms. The van der Waals surface area contributed by atoms with Gasteiger partial charge in [0.25, 0.3) is 0 Å². The van der Waals surface area contributed by atoms with E-state index in [0.717, 1.165) is 40.6 Å². The number of hydrogen-bond acceptors (Lipinski definition) is 5. The van der Waals surface area contributed by atoms with Crippen LogP contribution < -0.4 is 0 Å². The first-order valence-corrected chi connectivity index (χ1v) is 12.6. The maximum Gasteiger partial charge on any atom is 0.419 e. The number of para-hydroxylation sites is 1. The lowest BCUT2D eigenvalue weighted by Crippen LogP contribution is -2.41. The van der Waals surface area contributed by atoms with Crippen LogP contribution >= 0.6 is 0 Å². The molecule has 0 radical (unpaired) electrons. The average molecular weight is 493 g/mol. The standard InChI is InChI=1S/C29H36N2O5/c1-29(2,3)36-28(33)31-24-15-9-8-14-22(24)23-17-18-30(27(32)34-4)25(26(23)31)16-10-11-19-35-20-21-12-6-5-7-13-21/h5-9,12-15,25H,10-11,16-20H2,1-4H3. The Morgan fingerprint density at radius 2 is 1.69 bits per heavy atom. The number of aromatic nitrogens is 1. The summed E-state index contributed by atoms with van der Waals surface area (Å²) in [6, 6.07) is 17.7. The van der Waals surface area contributed by atoms with Crippen LogP contribution in [-0.2, 0) is 27.2 Å². The van der Waals surface area contributed by atoms with E-state index in [1.165, 1.54) is 7.11 Å². The average Bonchev–Trinajstić information content (AvgIpc) is 3.20. The number of carbonyl (C=O) groups is 2. The maximum absolute atomic E-state index is 13.4. The van der Waals surface area contributed by atoms with Crippen LogP contribution in [-0.4, -0.2) is 47.5 Å². The zero-order chi connectivity index (χ0) is 25.7. The monoisotopic (exact) mass is 492 g/mol. The summed E-state index contributed by atoms with van der Waals surface area (Å²) in [6.07, 6.45) is 2.21. The van der Waals surface area contributed by atoms with Gasteiger partial charge in [-0.2, -0.15) is 0 Å². The molecule has 2 heterocycles. The van der Waals surface area contributed by atoms with Crippen LogP contribution in [0.25, 0.3) is 10.9 Å². The lowest BCUT2D eigenvalue weighted by molar-refractivity contribution is 0.0516. The molecule has 1 aromatic heterocycles. The summed E-state index contributed by atoms with van der Waals surface area (Å²) < 4.78 is 18.4. The van der Waals surface area contributed by atoms with E-state index < -0.39 is 11.7 Å². The Kier molecular flexibility index (Phi) is 7.99. The molecule has 0 aliphatic carbocycles. The molecule has 3 aromatic rings. The minimum absolute atomic E-state index is 0.296. The van der Waals surface area contributed by atoms with Crippen LogP contribution in [0.3, 0.4) is 0 Å². The molecule has 1 aliphatic heterocycles. The van der Waals surface area contributed by atoms with Gasteiger partial charge in [0.15, 0.2) is 0 Å². The van der Waals surface area contributed by atoms with Crippen molar-refractivity contribution in [2.45, 2.75) is 64.7 Å². The molecule has 1 atom stereocenters. The predicted molar refractivity (Wildman–Crippen MR) is 139 cm³/mol. The summed E-state index contributed by atoms with van der Waals surface area (Å²) in [5.74, 6) is 0.